The quantitative estimate of drug-likeness (QED) is 0.594. The topological polar surface area (TPSA) is 62.7 Å². The van der Waals surface area contributed by atoms with E-state index >= 15 is 0 Å². The summed E-state index contributed by atoms with van der Waals surface area (Å²) in [4.78, 5) is 17.5. The Morgan fingerprint density at radius 1 is 1.00 bits per heavy atom. The third kappa shape index (κ3) is 2.17. The third-order valence-electron chi connectivity index (χ3n) is 3.92. The number of amides is 1. The van der Waals surface area contributed by atoms with Gasteiger partial charge in [0.2, 0.25) is 0 Å². The number of hydrogen-bond donors (Lipinski definition) is 2. The number of oxime groups is 1. The molecule has 0 aromatic heterocycles. The minimum atomic E-state index is -0.248. The van der Waals surface area contributed by atoms with Crippen molar-refractivity contribution in [2.45, 2.75) is 0 Å². The lowest BCUT2D eigenvalue weighted by Crippen LogP contribution is -2.12. The minimum Gasteiger partial charge on any atom is -0.399 e. The molecule has 2 aliphatic heterocycles. The second kappa shape index (κ2) is 5.54. The fourth-order valence-corrected chi connectivity index (χ4v) is 3.23. The number of fused-ring (bicyclic) bond motifs is 2. The summed E-state index contributed by atoms with van der Waals surface area (Å²) in [5, 5.41) is 10.9. The van der Waals surface area contributed by atoms with Crippen LogP contribution in [0.5, 0.6) is 0 Å². The number of benzene rings is 2. The zero-order chi connectivity index (χ0) is 16.8. The van der Waals surface area contributed by atoms with Crippen molar-refractivity contribution in [3.8, 4) is 0 Å². The third-order valence-corrected chi connectivity index (χ3v) is 4.64. The molecule has 0 spiro atoms. The standard InChI is InChI=1S/C17H11Cl2N3O2/c1-24-22-15-8-4-2-3-5-12(8)20-16(15)14-9-6-10(18)11(19)7-13(9)21-17(14)23/h2-7,20H,1H3,(H,21,23)/b16-14-,22-15+. The van der Waals surface area contributed by atoms with Gasteiger partial charge in [-0.1, -0.05) is 46.6 Å². The molecule has 2 aromatic rings. The van der Waals surface area contributed by atoms with Gasteiger partial charge in [-0.2, -0.15) is 0 Å². The SMILES string of the molecule is CO/N=C1/C(=C2/C(=O)Nc3cc(Cl)c(Cl)cc32)Nc2ccccc21. The van der Waals surface area contributed by atoms with Gasteiger partial charge < -0.3 is 15.5 Å². The summed E-state index contributed by atoms with van der Waals surface area (Å²) in [6, 6.07) is 10.9. The molecule has 4 rings (SSSR count). The zero-order valence-corrected chi connectivity index (χ0v) is 14.0. The maximum atomic E-state index is 12.6. The first kappa shape index (κ1) is 15.1. The molecule has 0 saturated heterocycles. The average Bonchev–Trinajstić information content (AvgIpc) is 3.06. The van der Waals surface area contributed by atoms with Gasteiger partial charge in [-0.05, 0) is 18.2 Å². The fraction of sp³-hybridized carbons (Fsp3) is 0.0588. The molecule has 0 unspecified atom stereocenters. The molecule has 0 saturated carbocycles. The van der Waals surface area contributed by atoms with E-state index < -0.39 is 0 Å². The average molecular weight is 360 g/mol. The largest absolute Gasteiger partial charge is 0.399 e. The lowest BCUT2D eigenvalue weighted by Gasteiger charge is -2.06. The normalized spacial score (nSPS) is 19.8. The van der Waals surface area contributed by atoms with E-state index in [-0.39, 0.29) is 5.91 Å². The predicted octanol–water partition coefficient (Wildman–Crippen LogP) is 4.13. The fourth-order valence-electron chi connectivity index (χ4n) is 2.91. The van der Waals surface area contributed by atoms with Gasteiger partial charge in [0.1, 0.15) is 12.8 Å². The van der Waals surface area contributed by atoms with E-state index in [4.69, 9.17) is 28.0 Å². The lowest BCUT2D eigenvalue weighted by molar-refractivity contribution is -0.110. The van der Waals surface area contributed by atoms with Crippen molar-refractivity contribution in [1.82, 2.24) is 0 Å². The van der Waals surface area contributed by atoms with Crippen LogP contribution in [-0.2, 0) is 9.63 Å². The van der Waals surface area contributed by atoms with Crippen molar-refractivity contribution in [1.29, 1.82) is 0 Å². The number of carbonyl (C=O) groups is 1. The predicted molar refractivity (Wildman–Crippen MR) is 95.6 cm³/mol. The molecule has 2 aliphatic rings. The molecule has 2 N–H and O–H groups in total. The van der Waals surface area contributed by atoms with Crippen LogP contribution in [0.2, 0.25) is 10.0 Å². The van der Waals surface area contributed by atoms with Gasteiger partial charge >= 0.3 is 0 Å². The molecule has 2 aromatic carbocycles. The van der Waals surface area contributed by atoms with Gasteiger partial charge in [-0.15, -0.1) is 0 Å². The van der Waals surface area contributed by atoms with Crippen LogP contribution in [-0.4, -0.2) is 18.7 Å². The van der Waals surface area contributed by atoms with Gasteiger partial charge in [0, 0.05) is 16.8 Å². The van der Waals surface area contributed by atoms with E-state index in [2.05, 4.69) is 15.8 Å². The van der Waals surface area contributed by atoms with Crippen molar-refractivity contribution >= 4 is 51.8 Å². The molecule has 120 valence electrons. The van der Waals surface area contributed by atoms with Crippen LogP contribution in [0.4, 0.5) is 11.4 Å². The van der Waals surface area contributed by atoms with Crippen molar-refractivity contribution < 1.29 is 9.63 Å². The summed E-state index contributed by atoms with van der Waals surface area (Å²) in [6.07, 6.45) is 0. The molecule has 24 heavy (non-hydrogen) atoms. The summed E-state index contributed by atoms with van der Waals surface area (Å²) < 4.78 is 0. The number of hydrogen-bond acceptors (Lipinski definition) is 4. The summed E-state index contributed by atoms with van der Waals surface area (Å²) in [7, 11) is 1.47. The first-order valence-electron chi connectivity index (χ1n) is 7.13. The van der Waals surface area contributed by atoms with Crippen molar-refractivity contribution in [2.24, 2.45) is 5.16 Å². The molecule has 0 atom stereocenters. The molecule has 2 heterocycles. The molecule has 7 heteroatoms. The second-order valence-corrected chi connectivity index (χ2v) is 6.12. The summed E-state index contributed by atoms with van der Waals surface area (Å²) in [5.74, 6) is -0.248. The van der Waals surface area contributed by atoms with Gasteiger partial charge in [0.15, 0.2) is 0 Å². The van der Waals surface area contributed by atoms with Gasteiger partial charge in [0.25, 0.3) is 5.91 Å². The molecular weight excluding hydrogens is 349 g/mol. The highest BCUT2D eigenvalue weighted by atomic mass is 35.5. The first-order chi connectivity index (χ1) is 11.6. The Morgan fingerprint density at radius 3 is 2.54 bits per heavy atom. The van der Waals surface area contributed by atoms with Crippen LogP contribution in [0.1, 0.15) is 11.1 Å². The summed E-state index contributed by atoms with van der Waals surface area (Å²) in [6.45, 7) is 0. The van der Waals surface area contributed by atoms with Gasteiger partial charge in [0.05, 0.1) is 27.0 Å². The minimum absolute atomic E-state index is 0.248. The molecule has 0 radical (unpaired) electrons. The monoisotopic (exact) mass is 359 g/mol. The highest BCUT2D eigenvalue weighted by Crippen LogP contribution is 2.42. The van der Waals surface area contributed by atoms with Crippen LogP contribution in [0, 0.1) is 0 Å². The number of nitrogens with one attached hydrogen (secondary N) is 2. The Hall–Kier alpha value is -2.50. The van der Waals surface area contributed by atoms with Crippen molar-refractivity contribution in [3.63, 3.8) is 0 Å². The highest BCUT2D eigenvalue weighted by molar-refractivity contribution is 6.44. The number of para-hydroxylation sites is 1. The van der Waals surface area contributed by atoms with Crippen LogP contribution in [0.3, 0.4) is 0 Å². The Kier molecular flexibility index (Phi) is 3.48. The first-order valence-corrected chi connectivity index (χ1v) is 7.88. The van der Waals surface area contributed by atoms with Gasteiger partial charge in [-0.3, -0.25) is 4.79 Å². The summed E-state index contributed by atoms with van der Waals surface area (Å²) in [5.41, 5.74) is 4.61. The molecule has 5 nitrogen and oxygen atoms in total. The van der Waals surface area contributed by atoms with E-state index in [9.17, 15) is 4.79 Å². The number of allylic oxidation sites excluding steroid dienone is 1. The van der Waals surface area contributed by atoms with Gasteiger partial charge in [-0.25, -0.2) is 0 Å². The van der Waals surface area contributed by atoms with Crippen LogP contribution >= 0.6 is 23.2 Å². The molecule has 1 amide bonds. The zero-order valence-electron chi connectivity index (χ0n) is 12.5. The van der Waals surface area contributed by atoms with Crippen LogP contribution < -0.4 is 10.6 Å². The Labute approximate surface area is 147 Å². The number of anilines is 2. The number of nitrogens with zero attached hydrogens (tertiary/aromatic N) is 1. The van der Waals surface area contributed by atoms with E-state index in [1.165, 1.54) is 7.11 Å². The highest BCUT2D eigenvalue weighted by Gasteiger charge is 2.34. The van der Waals surface area contributed by atoms with Crippen LogP contribution in [0.25, 0.3) is 5.57 Å². The molecular formula is C17H11Cl2N3O2. The molecule has 0 aliphatic carbocycles. The number of carbonyl (C=O) groups excluding carboxylic acids is 1. The van der Waals surface area contributed by atoms with Crippen LogP contribution in [0.15, 0.2) is 47.3 Å². The smallest absolute Gasteiger partial charge is 0.258 e. The Balaban J connectivity index is 1.97. The van der Waals surface area contributed by atoms with E-state index in [1.54, 1.807) is 12.1 Å². The Morgan fingerprint density at radius 2 is 1.75 bits per heavy atom. The van der Waals surface area contributed by atoms with Crippen molar-refractivity contribution in [2.75, 3.05) is 17.7 Å². The van der Waals surface area contributed by atoms with E-state index in [0.717, 1.165) is 11.3 Å². The number of rotatable bonds is 1. The molecule has 0 fully saturated rings. The second-order valence-electron chi connectivity index (χ2n) is 5.31. The number of halogens is 2. The maximum absolute atomic E-state index is 12.6. The van der Waals surface area contributed by atoms with E-state index in [0.29, 0.717) is 38.3 Å². The van der Waals surface area contributed by atoms with E-state index in [1.807, 2.05) is 24.3 Å². The maximum Gasteiger partial charge on any atom is 0.258 e. The Bertz CT molecular complexity index is 951. The summed E-state index contributed by atoms with van der Waals surface area (Å²) >= 11 is 12.2. The molecule has 0 bridgehead atoms. The van der Waals surface area contributed by atoms with Crippen molar-refractivity contribution in [3.05, 3.63) is 63.3 Å². The lowest BCUT2D eigenvalue weighted by atomic mass is 10.0.